The van der Waals surface area contributed by atoms with Crippen molar-refractivity contribution in [1.29, 1.82) is 0 Å². The fraction of sp³-hybridized carbons (Fsp3) is 0.750. The summed E-state index contributed by atoms with van der Waals surface area (Å²) >= 11 is 0. The maximum Gasteiger partial charge on any atom is 0.422 e. The molecule has 0 aromatic carbocycles. The van der Waals surface area contributed by atoms with Crippen LogP contribution < -0.4 is 0 Å². The van der Waals surface area contributed by atoms with Gasteiger partial charge in [0.05, 0.1) is 0 Å². The molecule has 0 aromatic rings. The van der Waals surface area contributed by atoms with E-state index in [1.165, 1.54) is 0 Å². The van der Waals surface area contributed by atoms with E-state index in [2.05, 4.69) is 9.47 Å². The lowest BCUT2D eigenvalue weighted by Gasteiger charge is -2.28. The summed E-state index contributed by atoms with van der Waals surface area (Å²) in [5.74, 6) is -8.51. The number of hydrogen-bond donors (Lipinski definition) is 0. The summed E-state index contributed by atoms with van der Waals surface area (Å²) in [5, 5.41) is 0. The van der Waals surface area contributed by atoms with E-state index in [1.54, 1.807) is 0 Å². The Labute approximate surface area is 103 Å². The first-order valence-electron chi connectivity index (χ1n) is 4.59. The molecule has 20 heavy (non-hydrogen) atoms. The molecule has 12 heteroatoms. The number of halogens is 10. The maximum absolute atomic E-state index is 12.8. The second-order valence-electron chi connectivity index (χ2n) is 3.62. The zero-order valence-corrected chi connectivity index (χ0v) is 8.96. The molecule has 0 aromatic heterocycles. The summed E-state index contributed by atoms with van der Waals surface area (Å²) in [6, 6.07) is 0. The highest BCUT2D eigenvalue weighted by atomic mass is 19.4. The molecule has 0 fully saturated rings. The summed E-state index contributed by atoms with van der Waals surface area (Å²) in [6.07, 6.45) is -22.0. The van der Waals surface area contributed by atoms with Crippen LogP contribution in [0.4, 0.5) is 43.9 Å². The van der Waals surface area contributed by atoms with Crippen LogP contribution in [0.5, 0.6) is 0 Å². The SMILES string of the molecule is F/C1=C/C(C(F)(F)F)OC(F)(F)C(F)(F)COC1(F)F. The van der Waals surface area contributed by atoms with Gasteiger partial charge in [-0.15, -0.1) is 0 Å². The van der Waals surface area contributed by atoms with Crippen LogP contribution >= 0.6 is 0 Å². The Morgan fingerprint density at radius 1 is 1.05 bits per heavy atom. The second-order valence-corrected chi connectivity index (χ2v) is 3.62. The molecule has 0 amide bonds. The van der Waals surface area contributed by atoms with Crippen molar-refractivity contribution in [3.8, 4) is 0 Å². The Bertz CT molecular complexity index is 399. The molecule has 0 radical (unpaired) electrons. The summed E-state index contributed by atoms with van der Waals surface area (Å²) in [7, 11) is 0. The van der Waals surface area contributed by atoms with Crippen molar-refractivity contribution in [3.05, 3.63) is 11.9 Å². The molecule has 1 rings (SSSR count). The van der Waals surface area contributed by atoms with Crippen molar-refractivity contribution in [2.45, 2.75) is 30.4 Å². The largest absolute Gasteiger partial charge is 0.422 e. The third-order valence-electron chi connectivity index (χ3n) is 2.03. The van der Waals surface area contributed by atoms with E-state index >= 15 is 0 Å². The van der Waals surface area contributed by atoms with Gasteiger partial charge in [0.25, 0.3) is 0 Å². The molecule has 1 aliphatic heterocycles. The van der Waals surface area contributed by atoms with Crippen molar-refractivity contribution in [3.63, 3.8) is 0 Å². The van der Waals surface area contributed by atoms with Crippen LogP contribution in [0, 0.1) is 0 Å². The minimum atomic E-state index is -5.82. The fourth-order valence-electron chi connectivity index (χ4n) is 1.01. The molecule has 0 saturated heterocycles. The quantitative estimate of drug-likeness (QED) is 0.634. The van der Waals surface area contributed by atoms with E-state index in [0.29, 0.717) is 0 Å². The van der Waals surface area contributed by atoms with Gasteiger partial charge >= 0.3 is 24.3 Å². The molecular formula is C8H4F10O2. The van der Waals surface area contributed by atoms with Gasteiger partial charge in [-0.2, -0.15) is 39.5 Å². The van der Waals surface area contributed by atoms with Gasteiger partial charge in [-0.1, -0.05) is 0 Å². The van der Waals surface area contributed by atoms with Crippen LogP contribution in [0.15, 0.2) is 11.9 Å². The van der Waals surface area contributed by atoms with Crippen molar-refractivity contribution in [2.24, 2.45) is 0 Å². The topological polar surface area (TPSA) is 18.5 Å². The normalized spacial score (nSPS) is 32.5. The van der Waals surface area contributed by atoms with Gasteiger partial charge in [0.15, 0.2) is 11.9 Å². The van der Waals surface area contributed by atoms with E-state index in [1.807, 2.05) is 0 Å². The lowest BCUT2D eigenvalue weighted by Crippen LogP contribution is -2.50. The summed E-state index contributed by atoms with van der Waals surface area (Å²) in [6.45, 7) is -2.75. The van der Waals surface area contributed by atoms with Gasteiger partial charge in [-0.25, -0.2) is 4.39 Å². The van der Waals surface area contributed by atoms with Crippen molar-refractivity contribution >= 4 is 0 Å². The van der Waals surface area contributed by atoms with Crippen molar-refractivity contribution in [1.82, 2.24) is 0 Å². The highest BCUT2D eigenvalue weighted by molar-refractivity contribution is 5.07. The van der Waals surface area contributed by atoms with Crippen LogP contribution in [0.3, 0.4) is 0 Å². The van der Waals surface area contributed by atoms with Gasteiger partial charge in [0.2, 0.25) is 0 Å². The van der Waals surface area contributed by atoms with Gasteiger partial charge in [-0.05, 0) is 6.08 Å². The molecule has 1 aliphatic rings. The number of alkyl halides is 9. The first-order valence-corrected chi connectivity index (χ1v) is 4.59. The Morgan fingerprint density at radius 3 is 2.00 bits per heavy atom. The van der Waals surface area contributed by atoms with Crippen LogP contribution in [-0.4, -0.2) is 37.0 Å². The van der Waals surface area contributed by atoms with Crippen molar-refractivity contribution < 1.29 is 53.4 Å². The summed E-state index contributed by atoms with van der Waals surface area (Å²) < 4.78 is 132. The third kappa shape index (κ3) is 3.34. The second kappa shape index (κ2) is 4.76. The Balaban J connectivity index is 3.31. The molecular weight excluding hydrogens is 318 g/mol. The first kappa shape index (κ1) is 17.0. The molecule has 0 aliphatic carbocycles. The standard InChI is InChI=1S/C8H4F10O2/c9-3-1-4(6(12,13)14)20-8(17,18)5(10,11)2-19-7(3,15)16/h1,4H,2H2/b3-1+. The van der Waals surface area contributed by atoms with Crippen LogP contribution in [0.1, 0.15) is 0 Å². The van der Waals surface area contributed by atoms with E-state index in [-0.39, 0.29) is 0 Å². The molecule has 0 saturated carbocycles. The molecule has 1 unspecified atom stereocenters. The molecule has 1 atom stereocenters. The van der Waals surface area contributed by atoms with Gasteiger partial charge < -0.3 is 4.74 Å². The highest BCUT2D eigenvalue weighted by Gasteiger charge is 2.63. The molecule has 0 spiro atoms. The van der Waals surface area contributed by atoms with Crippen LogP contribution in [-0.2, 0) is 9.47 Å². The van der Waals surface area contributed by atoms with E-state index in [4.69, 9.17) is 0 Å². The lowest BCUT2D eigenvalue weighted by molar-refractivity contribution is -0.394. The maximum atomic E-state index is 12.8. The third-order valence-corrected chi connectivity index (χ3v) is 2.03. The zero-order chi connectivity index (χ0) is 16.0. The Morgan fingerprint density at radius 2 is 1.55 bits per heavy atom. The monoisotopic (exact) mass is 322 g/mol. The first-order chi connectivity index (χ1) is 8.69. The smallest absolute Gasteiger partial charge is 0.308 e. The predicted octanol–water partition coefficient (Wildman–Crippen LogP) is 3.64. The Kier molecular flexibility index (Phi) is 4.05. The highest BCUT2D eigenvalue weighted by Crippen LogP contribution is 2.43. The number of hydrogen-bond acceptors (Lipinski definition) is 2. The fourth-order valence-corrected chi connectivity index (χ4v) is 1.01. The van der Waals surface area contributed by atoms with Gasteiger partial charge in [0.1, 0.15) is 6.61 Å². The van der Waals surface area contributed by atoms with Gasteiger partial charge in [0, 0.05) is 0 Å². The predicted molar refractivity (Wildman–Crippen MR) is 40.9 cm³/mol. The lowest BCUT2D eigenvalue weighted by atomic mass is 10.2. The van der Waals surface area contributed by atoms with Crippen LogP contribution in [0.25, 0.3) is 0 Å². The summed E-state index contributed by atoms with van der Waals surface area (Å²) in [5.41, 5.74) is 0. The number of ether oxygens (including phenoxy) is 2. The molecule has 2 nitrogen and oxygen atoms in total. The zero-order valence-electron chi connectivity index (χ0n) is 8.96. The minimum Gasteiger partial charge on any atom is -0.308 e. The van der Waals surface area contributed by atoms with E-state index in [0.717, 1.165) is 0 Å². The summed E-state index contributed by atoms with van der Waals surface area (Å²) in [4.78, 5) is 0. The van der Waals surface area contributed by atoms with Crippen molar-refractivity contribution in [2.75, 3.05) is 6.61 Å². The average molecular weight is 322 g/mol. The van der Waals surface area contributed by atoms with Crippen LogP contribution in [0.2, 0.25) is 0 Å². The average Bonchev–Trinajstić information content (AvgIpc) is 2.24. The molecule has 1 heterocycles. The molecule has 0 bridgehead atoms. The Hall–Kier alpha value is -1.04. The molecule has 0 N–H and O–H groups in total. The number of rotatable bonds is 0. The van der Waals surface area contributed by atoms with E-state index < -0.39 is 48.9 Å². The minimum absolute atomic E-state index is 1.10. The molecule has 118 valence electrons. The van der Waals surface area contributed by atoms with E-state index in [9.17, 15) is 43.9 Å². The van der Waals surface area contributed by atoms with Gasteiger partial charge in [-0.3, -0.25) is 4.74 Å².